The highest BCUT2D eigenvalue weighted by Crippen LogP contribution is 2.45. The van der Waals surface area contributed by atoms with Gasteiger partial charge in [-0.05, 0) is 53.8 Å². The fraction of sp³-hybridized carbons (Fsp3) is 0.316. The van der Waals surface area contributed by atoms with Crippen LogP contribution in [0.15, 0.2) is 42.5 Å². The number of fused-ring (bicyclic) bond motifs is 1. The van der Waals surface area contributed by atoms with Crippen molar-refractivity contribution in [3.63, 3.8) is 0 Å². The fourth-order valence-electron chi connectivity index (χ4n) is 3.32. The van der Waals surface area contributed by atoms with E-state index in [4.69, 9.17) is 10.00 Å². The maximum Gasteiger partial charge on any atom is 0.123 e. The molecule has 1 aliphatic heterocycles. The van der Waals surface area contributed by atoms with Gasteiger partial charge in [-0.2, -0.15) is 5.26 Å². The highest BCUT2D eigenvalue weighted by atomic mass is 19.1. The second-order valence-corrected chi connectivity index (χ2v) is 5.91. The first-order chi connectivity index (χ1) is 11.2. The molecule has 1 unspecified atom stereocenters. The van der Waals surface area contributed by atoms with Crippen molar-refractivity contribution in [3.05, 3.63) is 70.5 Å². The summed E-state index contributed by atoms with van der Waals surface area (Å²) in [5.41, 5.74) is 3.22. The quantitative estimate of drug-likeness (QED) is 0.862. The van der Waals surface area contributed by atoms with Crippen molar-refractivity contribution in [3.8, 4) is 6.07 Å². The van der Waals surface area contributed by atoms with Crippen LogP contribution in [0.2, 0.25) is 0 Å². The third-order valence-corrected chi connectivity index (χ3v) is 4.48. The first-order valence-electron chi connectivity index (χ1n) is 7.91. The van der Waals surface area contributed by atoms with Gasteiger partial charge in [0.25, 0.3) is 0 Å². The van der Waals surface area contributed by atoms with Gasteiger partial charge in [0.1, 0.15) is 11.4 Å². The lowest BCUT2D eigenvalue weighted by molar-refractivity contribution is -0.627. The van der Waals surface area contributed by atoms with Crippen LogP contribution in [0.5, 0.6) is 0 Å². The van der Waals surface area contributed by atoms with Crippen LogP contribution in [-0.4, -0.2) is 13.6 Å². The van der Waals surface area contributed by atoms with Crippen molar-refractivity contribution >= 4 is 0 Å². The third kappa shape index (κ3) is 2.86. The smallest absolute Gasteiger partial charge is 0.123 e. The number of halogens is 1. The van der Waals surface area contributed by atoms with E-state index in [0.717, 1.165) is 36.1 Å². The van der Waals surface area contributed by atoms with Crippen LogP contribution < -0.4 is 5.32 Å². The summed E-state index contributed by atoms with van der Waals surface area (Å²) < 4.78 is 19.6. The molecule has 1 aliphatic rings. The summed E-state index contributed by atoms with van der Waals surface area (Å²) >= 11 is 0. The van der Waals surface area contributed by atoms with Gasteiger partial charge >= 0.3 is 0 Å². The van der Waals surface area contributed by atoms with E-state index in [-0.39, 0.29) is 5.82 Å². The molecule has 0 aliphatic carbocycles. The van der Waals surface area contributed by atoms with Gasteiger partial charge in [0.05, 0.1) is 31.8 Å². The van der Waals surface area contributed by atoms with Crippen LogP contribution in [0.1, 0.15) is 35.1 Å². The number of hydrogen-bond acceptors (Lipinski definition) is 2. The molecule has 0 bridgehead atoms. The van der Waals surface area contributed by atoms with Crippen molar-refractivity contribution in [2.75, 3.05) is 13.6 Å². The minimum Gasteiger partial charge on any atom is -0.361 e. The molecule has 2 N–H and O–H groups in total. The second kappa shape index (κ2) is 6.49. The minimum absolute atomic E-state index is 0.246. The molecule has 118 valence electrons. The van der Waals surface area contributed by atoms with Gasteiger partial charge in [-0.25, -0.2) is 4.39 Å². The highest BCUT2D eigenvalue weighted by molar-refractivity contribution is 5.47. The molecule has 1 heterocycles. The molecule has 0 amide bonds. The summed E-state index contributed by atoms with van der Waals surface area (Å²) in [7, 11) is 2.05. The van der Waals surface area contributed by atoms with Crippen molar-refractivity contribution in [1.29, 1.82) is 5.26 Å². The van der Waals surface area contributed by atoms with Gasteiger partial charge in [-0.3, -0.25) is 0 Å². The summed E-state index contributed by atoms with van der Waals surface area (Å²) in [4.78, 5) is 0. The molecule has 0 saturated carbocycles. The molecule has 2 aromatic rings. The van der Waals surface area contributed by atoms with E-state index in [0.29, 0.717) is 12.2 Å². The Morgan fingerprint density at radius 2 is 2.04 bits per heavy atom. The van der Waals surface area contributed by atoms with Crippen LogP contribution in [0.4, 0.5) is 4.39 Å². The first kappa shape index (κ1) is 15.7. The van der Waals surface area contributed by atoms with Gasteiger partial charge in [0.15, 0.2) is 0 Å². The van der Waals surface area contributed by atoms with E-state index in [9.17, 15) is 4.39 Å². The third-order valence-electron chi connectivity index (χ3n) is 4.48. The Hall–Kier alpha value is -2.22. The maximum absolute atomic E-state index is 13.3. The molecule has 3 nitrogen and oxygen atoms in total. The Kier molecular flexibility index (Phi) is 4.42. The Morgan fingerprint density at radius 3 is 2.74 bits per heavy atom. The highest BCUT2D eigenvalue weighted by Gasteiger charge is 2.41. The Bertz CT molecular complexity index is 736. The molecule has 23 heavy (non-hydrogen) atoms. The first-order valence-corrected chi connectivity index (χ1v) is 7.91. The van der Waals surface area contributed by atoms with Crippen molar-refractivity contribution in [1.82, 2.24) is 0 Å². The Labute approximate surface area is 135 Å². The van der Waals surface area contributed by atoms with E-state index >= 15 is 0 Å². The second-order valence-electron chi connectivity index (χ2n) is 5.91. The number of nitrogens with zero attached hydrogens (tertiary/aromatic N) is 1. The number of ether oxygens (including phenoxy) is 1. The average molecular weight is 311 g/mol. The maximum atomic E-state index is 13.3. The molecule has 4 heteroatoms. The van der Waals surface area contributed by atoms with Crippen LogP contribution in [0.3, 0.4) is 0 Å². The zero-order valence-corrected chi connectivity index (χ0v) is 13.2. The van der Waals surface area contributed by atoms with E-state index in [2.05, 4.69) is 11.4 Å². The van der Waals surface area contributed by atoms with E-state index in [1.807, 2.05) is 25.2 Å². The number of hydrogen-bond donors (Lipinski definition) is 1. The zero-order chi connectivity index (χ0) is 16.3. The lowest BCUT2D eigenvalue weighted by Gasteiger charge is -2.30. The summed E-state index contributed by atoms with van der Waals surface area (Å²) in [6.07, 6.45) is 1.83. The van der Waals surface area contributed by atoms with Crippen molar-refractivity contribution < 1.29 is 14.4 Å². The largest absolute Gasteiger partial charge is 0.361 e. The standard InChI is InChI=1S/C19H19FN2O/c1-22-10-2-9-19(16-4-6-17(20)7-5-16)18-8-3-14(12-21)11-15(18)13-23-19/h3-8,11,22H,2,9-10,13H2,1H3/p+1. The zero-order valence-electron chi connectivity index (χ0n) is 13.2. The molecule has 0 spiro atoms. The molecule has 0 saturated heterocycles. The topological polar surface area (TPSA) is 49.6 Å². The molecule has 0 fully saturated rings. The SMILES string of the molecule is C[NH2+]CCCC1(c2ccc(F)cc2)OCc2cc(C#N)ccc21. The normalized spacial score (nSPS) is 19.3. The van der Waals surface area contributed by atoms with Gasteiger partial charge < -0.3 is 10.1 Å². The molecule has 1 atom stereocenters. The predicted octanol–water partition coefficient (Wildman–Crippen LogP) is 2.44. The van der Waals surface area contributed by atoms with Crippen LogP contribution in [0, 0.1) is 17.1 Å². The Morgan fingerprint density at radius 1 is 1.26 bits per heavy atom. The van der Waals surface area contributed by atoms with Crippen LogP contribution in [0.25, 0.3) is 0 Å². The van der Waals surface area contributed by atoms with Gasteiger partial charge in [-0.1, -0.05) is 18.2 Å². The minimum atomic E-state index is -0.542. The molecule has 0 aromatic heterocycles. The van der Waals surface area contributed by atoms with Crippen LogP contribution >= 0.6 is 0 Å². The summed E-state index contributed by atoms with van der Waals surface area (Å²) in [6, 6.07) is 14.5. The van der Waals surface area contributed by atoms with Gasteiger partial charge in [-0.15, -0.1) is 0 Å². The summed E-state index contributed by atoms with van der Waals surface area (Å²) in [5, 5.41) is 11.2. The van der Waals surface area contributed by atoms with E-state index in [1.165, 1.54) is 12.1 Å². The summed E-state index contributed by atoms with van der Waals surface area (Å²) in [6.45, 7) is 1.50. The van der Waals surface area contributed by atoms with E-state index < -0.39 is 5.60 Å². The number of quaternary nitrogens is 1. The monoisotopic (exact) mass is 311 g/mol. The van der Waals surface area contributed by atoms with Crippen LogP contribution in [-0.2, 0) is 16.9 Å². The van der Waals surface area contributed by atoms with Crippen molar-refractivity contribution in [2.24, 2.45) is 0 Å². The fourth-order valence-corrected chi connectivity index (χ4v) is 3.32. The number of nitriles is 1. The van der Waals surface area contributed by atoms with Gasteiger partial charge in [0.2, 0.25) is 0 Å². The number of benzene rings is 2. The van der Waals surface area contributed by atoms with Crippen molar-refractivity contribution in [2.45, 2.75) is 25.0 Å². The summed E-state index contributed by atoms with van der Waals surface area (Å²) in [5.74, 6) is -0.246. The van der Waals surface area contributed by atoms with Gasteiger partial charge in [0, 0.05) is 0 Å². The predicted molar refractivity (Wildman–Crippen MR) is 85.1 cm³/mol. The molecular weight excluding hydrogens is 291 g/mol. The lowest BCUT2D eigenvalue weighted by Crippen LogP contribution is -2.79. The van der Waals surface area contributed by atoms with E-state index in [1.54, 1.807) is 12.1 Å². The lowest BCUT2D eigenvalue weighted by atomic mass is 9.81. The molecular formula is C19H20FN2O+. The molecule has 3 rings (SSSR count). The Balaban J connectivity index is 2.05. The number of nitrogens with two attached hydrogens (primary N) is 1. The number of rotatable bonds is 5. The molecule has 2 aromatic carbocycles. The average Bonchev–Trinajstić information content (AvgIpc) is 2.95. The molecule has 0 radical (unpaired) electrons.